The highest BCUT2D eigenvalue weighted by Crippen LogP contribution is 2.23. The normalized spacial score (nSPS) is 15.1. The lowest BCUT2D eigenvalue weighted by Gasteiger charge is -2.16. The number of carbonyl (C=O) groups excluding carboxylic acids is 1. The number of amides is 1. The van der Waals surface area contributed by atoms with E-state index in [4.69, 9.17) is 11.6 Å². The van der Waals surface area contributed by atoms with Crippen LogP contribution in [0.3, 0.4) is 0 Å². The summed E-state index contributed by atoms with van der Waals surface area (Å²) in [6, 6.07) is 3.11. The number of fused-ring (bicyclic) bond motifs is 1. The lowest BCUT2D eigenvalue weighted by Crippen LogP contribution is -2.31. The predicted molar refractivity (Wildman–Crippen MR) is 87.8 cm³/mol. The first-order valence-electron chi connectivity index (χ1n) is 6.78. The van der Waals surface area contributed by atoms with E-state index in [2.05, 4.69) is 4.98 Å². The molecule has 7 heteroatoms. The van der Waals surface area contributed by atoms with Gasteiger partial charge in [0.15, 0.2) is 0 Å². The summed E-state index contributed by atoms with van der Waals surface area (Å²) < 4.78 is 16.0. The Balaban J connectivity index is 1.99. The number of benzene rings is 1. The minimum atomic E-state index is -0.306. The van der Waals surface area contributed by atoms with Crippen LogP contribution in [0, 0.1) is 9.39 Å². The highest BCUT2D eigenvalue weighted by molar-refractivity contribution is 14.1. The van der Waals surface area contributed by atoms with E-state index in [0.717, 1.165) is 25.9 Å². The van der Waals surface area contributed by atoms with Crippen LogP contribution in [-0.4, -0.2) is 33.4 Å². The Morgan fingerprint density at radius 3 is 2.76 bits per heavy atom. The van der Waals surface area contributed by atoms with Gasteiger partial charge in [-0.05, 0) is 41.5 Å². The number of halogens is 3. The summed E-state index contributed by atoms with van der Waals surface area (Å²) in [7, 11) is 0. The molecule has 1 aromatic carbocycles. The second kappa shape index (κ2) is 6.08. The van der Waals surface area contributed by atoms with Crippen molar-refractivity contribution in [3.63, 3.8) is 0 Å². The van der Waals surface area contributed by atoms with Crippen LogP contribution in [0.25, 0.3) is 11.0 Å². The van der Waals surface area contributed by atoms with Gasteiger partial charge in [0.1, 0.15) is 18.2 Å². The summed E-state index contributed by atoms with van der Waals surface area (Å²) in [5.41, 5.74) is 1.29. The van der Waals surface area contributed by atoms with Crippen molar-refractivity contribution in [2.24, 2.45) is 0 Å². The second-order valence-corrected chi connectivity index (χ2v) is 6.52. The van der Waals surface area contributed by atoms with Crippen molar-refractivity contribution in [3.05, 3.63) is 27.3 Å². The number of rotatable bonds is 3. The Labute approximate surface area is 140 Å². The van der Waals surface area contributed by atoms with Crippen molar-refractivity contribution in [2.75, 3.05) is 13.1 Å². The van der Waals surface area contributed by atoms with Crippen LogP contribution in [0.2, 0.25) is 0 Å². The standard InChI is InChI=1S/C14H14ClFIN3O/c15-7-13-18-11-6-10(17)9(16)5-12(11)20(13)8-14(21)19-3-1-2-4-19/h5-6H,1-4,7-8H2. The van der Waals surface area contributed by atoms with E-state index in [0.29, 0.717) is 20.4 Å². The minimum Gasteiger partial charge on any atom is -0.341 e. The molecule has 0 unspecified atom stereocenters. The molecular formula is C14H14ClFIN3O. The van der Waals surface area contributed by atoms with Crippen LogP contribution in [0.5, 0.6) is 0 Å². The molecule has 2 heterocycles. The molecule has 0 atom stereocenters. The smallest absolute Gasteiger partial charge is 0.242 e. The third-order valence-electron chi connectivity index (χ3n) is 3.74. The van der Waals surface area contributed by atoms with Crippen LogP contribution in [0.1, 0.15) is 18.7 Å². The molecule has 0 saturated carbocycles. The maximum Gasteiger partial charge on any atom is 0.242 e. The molecule has 0 radical (unpaired) electrons. The van der Waals surface area contributed by atoms with Gasteiger partial charge in [0.25, 0.3) is 0 Å². The zero-order chi connectivity index (χ0) is 15.0. The van der Waals surface area contributed by atoms with Crippen LogP contribution >= 0.6 is 34.2 Å². The highest BCUT2D eigenvalue weighted by Gasteiger charge is 2.21. The van der Waals surface area contributed by atoms with Crippen molar-refractivity contribution in [1.29, 1.82) is 0 Å². The van der Waals surface area contributed by atoms with Crippen molar-refractivity contribution < 1.29 is 9.18 Å². The number of hydrogen-bond donors (Lipinski definition) is 0. The van der Waals surface area contributed by atoms with Crippen LogP contribution in [0.15, 0.2) is 12.1 Å². The molecule has 112 valence electrons. The van der Waals surface area contributed by atoms with Gasteiger partial charge in [0.2, 0.25) is 5.91 Å². The Hall–Kier alpha value is -0.890. The lowest BCUT2D eigenvalue weighted by atomic mass is 10.3. The SMILES string of the molecule is O=C(Cn1c(CCl)nc2cc(I)c(F)cc21)N1CCCC1. The number of nitrogens with zero attached hydrogens (tertiary/aromatic N) is 3. The van der Waals surface area contributed by atoms with Gasteiger partial charge in [-0.1, -0.05) is 0 Å². The number of hydrogen-bond acceptors (Lipinski definition) is 2. The first kappa shape index (κ1) is 15.0. The summed E-state index contributed by atoms with van der Waals surface area (Å²) in [4.78, 5) is 18.6. The Bertz CT molecular complexity index is 697. The van der Waals surface area contributed by atoms with E-state index in [-0.39, 0.29) is 24.1 Å². The van der Waals surface area contributed by atoms with E-state index >= 15 is 0 Å². The Morgan fingerprint density at radius 1 is 1.38 bits per heavy atom. The molecule has 3 rings (SSSR count). The fourth-order valence-electron chi connectivity index (χ4n) is 2.65. The molecule has 0 aliphatic carbocycles. The molecule has 2 aromatic rings. The summed E-state index contributed by atoms with van der Waals surface area (Å²) in [6.07, 6.45) is 2.09. The van der Waals surface area contributed by atoms with Crippen molar-refractivity contribution >= 4 is 51.1 Å². The van der Waals surface area contributed by atoms with Crippen molar-refractivity contribution in [2.45, 2.75) is 25.3 Å². The molecule has 1 aromatic heterocycles. The summed E-state index contributed by atoms with van der Waals surface area (Å²) in [5.74, 6) is 0.525. The van der Waals surface area contributed by atoms with Gasteiger partial charge in [-0.2, -0.15) is 0 Å². The number of alkyl halides is 1. The molecule has 1 aliphatic heterocycles. The largest absolute Gasteiger partial charge is 0.341 e. The fraction of sp³-hybridized carbons (Fsp3) is 0.429. The van der Waals surface area contributed by atoms with Gasteiger partial charge in [0.05, 0.1) is 20.5 Å². The van der Waals surface area contributed by atoms with E-state index in [1.165, 1.54) is 6.07 Å². The number of imidazole rings is 1. The topological polar surface area (TPSA) is 38.1 Å². The summed E-state index contributed by atoms with van der Waals surface area (Å²) in [5, 5.41) is 0. The first-order valence-corrected chi connectivity index (χ1v) is 8.39. The van der Waals surface area contributed by atoms with E-state index in [1.807, 2.05) is 27.5 Å². The van der Waals surface area contributed by atoms with Gasteiger partial charge >= 0.3 is 0 Å². The van der Waals surface area contributed by atoms with Crippen molar-refractivity contribution in [3.8, 4) is 0 Å². The first-order chi connectivity index (χ1) is 10.1. The number of carbonyl (C=O) groups is 1. The quantitative estimate of drug-likeness (QED) is 0.564. The predicted octanol–water partition coefficient (Wildman–Crippen LogP) is 3.14. The van der Waals surface area contributed by atoms with Gasteiger partial charge in [-0.3, -0.25) is 4.79 Å². The number of likely N-dealkylation sites (tertiary alicyclic amines) is 1. The van der Waals surface area contributed by atoms with Gasteiger partial charge in [-0.25, -0.2) is 9.37 Å². The average Bonchev–Trinajstić information content (AvgIpc) is 3.09. The molecule has 1 saturated heterocycles. The molecule has 1 amide bonds. The van der Waals surface area contributed by atoms with Gasteiger partial charge in [-0.15, -0.1) is 11.6 Å². The Morgan fingerprint density at radius 2 is 2.10 bits per heavy atom. The van der Waals surface area contributed by atoms with Gasteiger partial charge in [0, 0.05) is 19.2 Å². The van der Waals surface area contributed by atoms with E-state index in [9.17, 15) is 9.18 Å². The van der Waals surface area contributed by atoms with Crippen LogP contribution < -0.4 is 0 Å². The fourth-order valence-corrected chi connectivity index (χ4v) is 3.30. The maximum atomic E-state index is 13.8. The molecule has 1 aliphatic rings. The molecule has 4 nitrogen and oxygen atoms in total. The Kier molecular flexibility index (Phi) is 4.35. The van der Waals surface area contributed by atoms with E-state index < -0.39 is 0 Å². The second-order valence-electron chi connectivity index (χ2n) is 5.09. The molecule has 1 fully saturated rings. The third kappa shape index (κ3) is 2.88. The molecule has 21 heavy (non-hydrogen) atoms. The summed E-state index contributed by atoms with van der Waals surface area (Å²) >= 11 is 7.85. The van der Waals surface area contributed by atoms with Crippen LogP contribution in [-0.2, 0) is 17.2 Å². The highest BCUT2D eigenvalue weighted by atomic mass is 127. The van der Waals surface area contributed by atoms with E-state index in [1.54, 1.807) is 10.6 Å². The zero-order valence-electron chi connectivity index (χ0n) is 11.3. The minimum absolute atomic E-state index is 0.0390. The average molecular weight is 422 g/mol. The maximum absolute atomic E-state index is 13.8. The zero-order valence-corrected chi connectivity index (χ0v) is 14.2. The monoisotopic (exact) mass is 421 g/mol. The molecule has 0 bridgehead atoms. The summed E-state index contributed by atoms with van der Waals surface area (Å²) in [6.45, 7) is 1.76. The molecule has 0 N–H and O–H groups in total. The molecule has 0 spiro atoms. The third-order valence-corrected chi connectivity index (χ3v) is 4.81. The molecular weight excluding hydrogens is 408 g/mol. The number of aromatic nitrogens is 2. The lowest BCUT2D eigenvalue weighted by molar-refractivity contribution is -0.130. The van der Waals surface area contributed by atoms with Crippen LogP contribution in [0.4, 0.5) is 4.39 Å². The van der Waals surface area contributed by atoms with Crippen molar-refractivity contribution in [1.82, 2.24) is 14.5 Å². The van der Waals surface area contributed by atoms with Gasteiger partial charge < -0.3 is 9.47 Å².